The fourth-order valence-corrected chi connectivity index (χ4v) is 2.62. The Kier molecular flexibility index (Phi) is 3.31. The third kappa shape index (κ3) is 2.46. The molecule has 3 N–H and O–H groups in total. The van der Waals surface area contributed by atoms with E-state index in [-0.39, 0.29) is 5.91 Å². The highest BCUT2D eigenvalue weighted by Crippen LogP contribution is 2.32. The molecule has 1 aliphatic carbocycles. The number of hydrogen-bond donors (Lipinski definition) is 2. The number of carbonyl (C=O) groups is 1. The maximum Gasteiger partial charge on any atom is 0.265 e. The summed E-state index contributed by atoms with van der Waals surface area (Å²) in [5, 5.41) is 2.93. The first-order valence-electron chi connectivity index (χ1n) is 6.39. The molecular weight excluding hydrogens is 274 g/mol. The first-order chi connectivity index (χ1) is 9.69. The number of nitrogens with two attached hydrogens (primary N) is 1. The van der Waals surface area contributed by atoms with Gasteiger partial charge in [0.2, 0.25) is 0 Å². The summed E-state index contributed by atoms with van der Waals surface area (Å²) in [6, 6.07) is 7.77. The number of anilines is 1. The van der Waals surface area contributed by atoms with Gasteiger partial charge in [0.15, 0.2) is 0 Å². The second-order valence-corrected chi connectivity index (χ2v) is 5.52. The average Bonchev–Trinajstić information content (AvgIpc) is 3.19. The summed E-state index contributed by atoms with van der Waals surface area (Å²) in [4.78, 5) is 12.5. The van der Waals surface area contributed by atoms with Gasteiger partial charge in [-0.3, -0.25) is 4.79 Å². The van der Waals surface area contributed by atoms with Crippen molar-refractivity contribution in [1.82, 2.24) is 9.69 Å². The van der Waals surface area contributed by atoms with Gasteiger partial charge in [0.25, 0.3) is 5.91 Å². The predicted octanol–water partition coefficient (Wildman–Crippen LogP) is 2.29. The quantitative estimate of drug-likeness (QED) is 0.905. The van der Waals surface area contributed by atoms with Crippen LogP contribution in [0.25, 0.3) is 11.3 Å². The van der Waals surface area contributed by atoms with Crippen LogP contribution in [0.2, 0.25) is 0 Å². The van der Waals surface area contributed by atoms with Crippen molar-refractivity contribution >= 4 is 23.1 Å². The van der Waals surface area contributed by atoms with Crippen molar-refractivity contribution < 1.29 is 9.53 Å². The summed E-state index contributed by atoms with van der Waals surface area (Å²) in [7, 11) is 1.62. The molecule has 1 saturated carbocycles. The molecule has 0 saturated heterocycles. The van der Waals surface area contributed by atoms with E-state index in [1.54, 1.807) is 7.11 Å². The lowest BCUT2D eigenvalue weighted by atomic mass is 10.1. The van der Waals surface area contributed by atoms with Crippen molar-refractivity contribution in [2.75, 3.05) is 12.8 Å². The molecule has 1 fully saturated rings. The fourth-order valence-electron chi connectivity index (χ4n) is 1.90. The van der Waals surface area contributed by atoms with Crippen molar-refractivity contribution in [2.45, 2.75) is 18.9 Å². The number of nitrogens with zero attached hydrogens (tertiary/aromatic N) is 1. The van der Waals surface area contributed by atoms with Crippen LogP contribution in [0.15, 0.2) is 24.3 Å². The molecule has 104 valence electrons. The number of methoxy groups -OCH3 is 1. The highest BCUT2D eigenvalue weighted by molar-refractivity contribution is 7.09. The van der Waals surface area contributed by atoms with Gasteiger partial charge in [-0.05, 0) is 48.6 Å². The Bertz CT molecular complexity index is 632. The molecule has 1 aromatic carbocycles. The molecule has 20 heavy (non-hydrogen) atoms. The van der Waals surface area contributed by atoms with Gasteiger partial charge in [0.05, 0.1) is 12.8 Å². The van der Waals surface area contributed by atoms with Crippen molar-refractivity contribution in [3.63, 3.8) is 0 Å². The molecule has 0 radical (unpaired) electrons. The van der Waals surface area contributed by atoms with Crippen LogP contribution in [0, 0.1) is 0 Å². The van der Waals surface area contributed by atoms with Crippen molar-refractivity contribution in [3.8, 4) is 17.0 Å². The van der Waals surface area contributed by atoms with Crippen LogP contribution < -0.4 is 15.8 Å². The van der Waals surface area contributed by atoms with Gasteiger partial charge < -0.3 is 15.8 Å². The Balaban J connectivity index is 1.86. The maximum absolute atomic E-state index is 12.0. The second-order valence-electron chi connectivity index (χ2n) is 4.75. The standard InChI is InChI=1S/C14H15N3O2S/c1-19-10-6-2-8(3-7-10)12-11(15)13(20-17-12)14(18)16-9-4-5-9/h2-3,6-7,9H,4-5,15H2,1H3,(H,16,18). The zero-order valence-electron chi connectivity index (χ0n) is 11.1. The van der Waals surface area contributed by atoms with E-state index < -0.39 is 0 Å². The van der Waals surface area contributed by atoms with E-state index in [9.17, 15) is 4.79 Å². The molecule has 1 aliphatic rings. The van der Waals surface area contributed by atoms with Crippen LogP contribution >= 0.6 is 11.5 Å². The number of hydrogen-bond acceptors (Lipinski definition) is 5. The summed E-state index contributed by atoms with van der Waals surface area (Å²) < 4.78 is 9.42. The van der Waals surface area contributed by atoms with Gasteiger partial charge in [0, 0.05) is 11.6 Å². The summed E-state index contributed by atoms with van der Waals surface area (Å²) in [6.07, 6.45) is 2.10. The molecule has 5 nitrogen and oxygen atoms in total. The lowest BCUT2D eigenvalue weighted by molar-refractivity contribution is 0.0956. The van der Waals surface area contributed by atoms with E-state index in [1.165, 1.54) is 0 Å². The monoisotopic (exact) mass is 289 g/mol. The Hall–Kier alpha value is -2.08. The molecule has 2 aromatic rings. The minimum Gasteiger partial charge on any atom is -0.497 e. The molecule has 0 bridgehead atoms. The van der Waals surface area contributed by atoms with E-state index in [1.807, 2.05) is 24.3 Å². The fraction of sp³-hybridized carbons (Fsp3) is 0.286. The third-order valence-electron chi connectivity index (χ3n) is 3.21. The van der Waals surface area contributed by atoms with Crippen molar-refractivity contribution in [1.29, 1.82) is 0 Å². The summed E-state index contributed by atoms with van der Waals surface area (Å²) >= 11 is 1.14. The molecule has 6 heteroatoms. The highest BCUT2D eigenvalue weighted by Gasteiger charge is 2.26. The third-order valence-corrected chi connectivity index (χ3v) is 4.07. The first kappa shape index (κ1) is 12.9. The van der Waals surface area contributed by atoms with Crippen LogP contribution in [-0.4, -0.2) is 23.4 Å². The van der Waals surface area contributed by atoms with Gasteiger partial charge in [-0.2, -0.15) is 4.37 Å². The Morgan fingerprint density at radius 3 is 2.70 bits per heavy atom. The van der Waals surface area contributed by atoms with Crippen molar-refractivity contribution in [3.05, 3.63) is 29.1 Å². The molecule has 0 aliphatic heterocycles. The van der Waals surface area contributed by atoms with Crippen molar-refractivity contribution in [2.24, 2.45) is 0 Å². The van der Waals surface area contributed by atoms with E-state index in [2.05, 4.69) is 9.69 Å². The van der Waals surface area contributed by atoms with Gasteiger partial charge in [-0.25, -0.2) is 0 Å². The average molecular weight is 289 g/mol. The Labute approximate surface area is 120 Å². The molecule has 1 aromatic heterocycles. The van der Waals surface area contributed by atoms with Gasteiger partial charge in [0.1, 0.15) is 16.3 Å². The highest BCUT2D eigenvalue weighted by atomic mass is 32.1. The summed E-state index contributed by atoms with van der Waals surface area (Å²) in [6.45, 7) is 0. The topological polar surface area (TPSA) is 77.2 Å². The Morgan fingerprint density at radius 1 is 1.40 bits per heavy atom. The van der Waals surface area contributed by atoms with E-state index >= 15 is 0 Å². The number of ether oxygens (including phenoxy) is 1. The van der Waals surface area contributed by atoms with Gasteiger partial charge in [-0.1, -0.05) is 0 Å². The van der Waals surface area contributed by atoms with E-state index in [0.717, 1.165) is 35.7 Å². The van der Waals surface area contributed by atoms with Crippen LogP contribution in [0.1, 0.15) is 22.5 Å². The van der Waals surface area contributed by atoms with Crippen LogP contribution in [-0.2, 0) is 0 Å². The molecule has 0 atom stereocenters. The molecular formula is C14H15N3O2S. The minimum absolute atomic E-state index is 0.123. The smallest absolute Gasteiger partial charge is 0.265 e. The number of benzene rings is 1. The number of carbonyl (C=O) groups excluding carboxylic acids is 1. The van der Waals surface area contributed by atoms with Crippen LogP contribution in [0.5, 0.6) is 5.75 Å². The summed E-state index contributed by atoms with van der Waals surface area (Å²) in [5.41, 5.74) is 8.03. The maximum atomic E-state index is 12.0. The number of nitrogens with one attached hydrogen (secondary N) is 1. The molecule has 3 rings (SSSR count). The zero-order chi connectivity index (χ0) is 14.1. The van der Waals surface area contributed by atoms with Gasteiger partial charge in [-0.15, -0.1) is 0 Å². The van der Waals surface area contributed by atoms with Crippen LogP contribution in [0.3, 0.4) is 0 Å². The lowest BCUT2D eigenvalue weighted by Crippen LogP contribution is -2.25. The normalized spacial score (nSPS) is 14.1. The SMILES string of the molecule is COc1ccc(-c2nsc(C(=O)NC3CC3)c2N)cc1. The van der Waals surface area contributed by atoms with E-state index in [0.29, 0.717) is 22.3 Å². The molecule has 0 unspecified atom stereocenters. The number of nitrogen functional groups attached to an aromatic ring is 1. The zero-order valence-corrected chi connectivity index (χ0v) is 11.9. The molecule has 1 amide bonds. The summed E-state index contributed by atoms with van der Waals surface area (Å²) in [5.74, 6) is 0.650. The second kappa shape index (κ2) is 5.13. The molecule has 0 spiro atoms. The minimum atomic E-state index is -0.123. The van der Waals surface area contributed by atoms with Gasteiger partial charge >= 0.3 is 0 Å². The first-order valence-corrected chi connectivity index (χ1v) is 7.17. The largest absolute Gasteiger partial charge is 0.497 e. The molecule has 1 heterocycles. The Morgan fingerprint density at radius 2 is 2.10 bits per heavy atom. The number of amides is 1. The number of rotatable bonds is 4. The van der Waals surface area contributed by atoms with E-state index in [4.69, 9.17) is 10.5 Å². The predicted molar refractivity (Wildman–Crippen MR) is 79.0 cm³/mol. The lowest BCUT2D eigenvalue weighted by Gasteiger charge is -2.03. The van der Waals surface area contributed by atoms with Crippen LogP contribution in [0.4, 0.5) is 5.69 Å². The number of aromatic nitrogens is 1.